The summed E-state index contributed by atoms with van der Waals surface area (Å²) in [5.41, 5.74) is 0.744. The Balaban J connectivity index is 2.27. The zero-order valence-electron chi connectivity index (χ0n) is 6.83. The lowest BCUT2D eigenvalue weighted by Crippen LogP contribution is -2.28. The second-order valence-corrected chi connectivity index (χ2v) is 2.95. The molecule has 0 aromatic carbocycles. The minimum absolute atomic E-state index is 0.169. The van der Waals surface area contributed by atoms with Crippen LogP contribution in [0.3, 0.4) is 0 Å². The number of anilines is 1. The van der Waals surface area contributed by atoms with E-state index in [2.05, 4.69) is 15.0 Å². The van der Waals surface area contributed by atoms with E-state index in [4.69, 9.17) is 0 Å². The molecule has 0 saturated carbocycles. The predicted molar refractivity (Wildman–Crippen MR) is 49.4 cm³/mol. The molecule has 0 saturated heterocycles. The zero-order valence-corrected chi connectivity index (χ0v) is 7.65. The van der Waals surface area contributed by atoms with Gasteiger partial charge in [-0.15, -0.1) is 0 Å². The van der Waals surface area contributed by atoms with Crippen molar-refractivity contribution in [2.75, 3.05) is 11.9 Å². The molecule has 66 valence electrons. The summed E-state index contributed by atoms with van der Waals surface area (Å²) in [4.78, 5) is 11.0. The molecule has 0 atom stereocenters. The number of nitrogens with zero attached hydrogens (tertiary/aromatic N) is 1. The van der Waals surface area contributed by atoms with E-state index in [0.29, 0.717) is 6.54 Å². The first-order valence-corrected chi connectivity index (χ1v) is 4.61. The first kappa shape index (κ1) is 8.99. The van der Waals surface area contributed by atoms with Crippen LogP contribution in [0.2, 0.25) is 0 Å². The van der Waals surface area contributed by atoms with E-state index < -0.39 is 0 Å². The number of carbonyl (C=O) groups excluding carboxylic acids is 1. The second-order valence-electron chi connectivity index (χ2n) is 2.29. The fourth-order valence-corrected chi connectivity index (χ4v) is 1.15. The Morgan fingerprint density at radius 1 is 1.75 bits per heavy atom. The fraction of sp³-hybridized carbons (Fsp3) is 0.429. The van der Waals surface area contributed by atoms with Crippen LogP contribution >= 0.6 is 11.5 Å². The number of carbonyl (C=O) groups is 1. The van der Waals surface area contributed by atoms with Crippen molar-refractivity contribution in [3.63, 3.8) is 0 Å². The molecular formula is C7H11N3OS. The van der Waals surface area contributed by atoms with Gasteiger partial charge in [0, 0.05) is 11.9 Å². The summed E-state index contributed by atoms with van der Waals surface area (Å²) in [6.45, 7) is 2.70. The van der Waals surface area contributed by atoms with Crippen LogP contribution in [0.1, 0.15) is 13.3 Å². The smallest absolute Gasteiger partial charge is 0.319 e. The highest BCUT2D eigenvalue weighted by atomic mass is 32.1. The Morgan fingerprint density at radius 2 is 2.58 bits per heavy atom. The Labute approximate surface area is 75.2 Å². The molecule has 5 heteroatoms. The second kappa shape index (κ2) is 4.71. The number of rotatable bonds is 3. The standard InChI is InChI=1S/C7H11N3OS/c1-2-3-8-7(11)10-6-4-9-12-5-6/h4-5H,2-3H2,1H3,(H2,8,10,11). The van der Waals surface area contributed by atoms with E-state index in [-0.39, 0.29) is 6.03 Å². The van der Waals surface area contributed by atoms with Crippen molar-refractivity contribution in [2.45, 2.75) is 13.3 Å². The molecule has 0 aliphatic heterocycles. The molecule has 2 amide bonds. The van der Waals surface area contributed by atoms with E-state index in [1.807, 2.05) is 6.92 Å². The summed E-state index contributed by atoms with van der Waals surface area (Å²) in [6.07, 6.45) is 2.56. The van der Waals surface area contributed by atoms with Crippen LogP contribution in [0.15, 0.2) is 11.6 Å². The molecular weight excluding hydrogens is 174 g/mol. The first-order chi connectivity index (χ1) is 5.83. The molecule has 1 aromatic heterocycles. The van der Waals surface area contributed by atoms with Crippen molar-refractivity contribution >= 4 is 23.3 Å². The third-order valence-electron chi connectivity index (χ3n) is 1.23. The van der Waals surface area contributed by atoms with Gasteiger partial charge in [-0.2, -0.15) is 4.37 Å². The Hall–Kier alpha value is -1.10. The van der Waals surface area contributed by atoms with Gasteiger partial charge in [0.2, 0.25) is 0 Å². The van der Waals surface area contributed by atoms with Gasteiger partial charge in [0.05, 0.1) is 11.9 Å². The molecule has 0 radical (unpaired) electrons. The van der Waals surface area contributed by atoms with Crippen LogP contribution in [0.5, 0.6) is 0 Å². The quantitative estimate of drug-likeness (QED) is 0.752. The summed E-state index contributed by atoms with van der Waals surface area (Å²) in [5, 5.41) is 7.14. The topological polar surface area (TPSA) is 54.0 Å². The third-order valence-corrected chi connectivity index (χ3v) is 1.81. The fourth-order valence-electron chi connectivity index (χ4n) is 0.680. The van der Waals surface area contributed by atoms with E-state index in [0.717, 1.165) is 12.1 Å². The van der Waals surface area contributed by atoms with E-state index >= 15 is 0 Å². The maximum atomic E-state index is 11.0. The first-order valence-electron chi connectivity index (χ1n) is 3.77. The van der Waals surface area contributed by atoms with Crippen LogP contribution in [-0.4, -0.2) is 16.9 Å². The monoisotopic (exact) mass is 185 g/mol. The van der Waals surface area contributed by atoms with E-state index in [1.165, 1.54) is 11.5 Å². The number of hydrogen-bond donors (Lipinski definition) is 2. The predicted octanol–water partition coefficient (Wildman–Crippen LogP) is 1.67. The molecule has 0 aliphatic rings. The van der Waals surface area contributed by atoms with Crippen molar-refractivity contribution in [1.29, 1.82) is 0 Å². The largest absolute Gasteiger partial charge is 0.338 e. The summed E-state index contributed by atoms with van der Waals surface area (Å²) >= 11 is 1.31. The summed E-state index contributed by atoms with van der Waals surface area (Å²) < 4.78 is 3.85. The van der Waals surface area contributed by atoms with Gasteiger partial charge in [0.1, 0.15) is 0 Å². The zero-order chi connectivity index (χ0) is 8.81. The van der Waals surface area contributed by atoms with Crippen molar-refractivity contribution in [3.05, 3.63) is 11.6 Å². The van der Waals surface area contributed by atoms with Gasteiger partial charge in [-0.1, -0.05) is 6.92 Å². The molecule has 0 unspecified atom stereocenters. The Bertz CT molecular complexity index is 235. The Kier molecular flexibility index (Phi) is 3.53. The molecule has 4 nitrogen and oxygen atoms in total. The lowest BCUT2D eigenvalue weighted by Gasteiger charge is -2.02. The van der Waals surface area contributed by atoms with Gasteiger partial charge >= 0.3 is 6.03 Å². The van der Waals surface area contributed by atoms with E-state index in [1.54, 1.807) is 11.6 Å². The van der Waals surface area contributed by atoms with Crippen molar-refractivity contribution in [1.82, 2.24) is 9.69 Å². The summed E-state index contributed by atoms with van der Waals surface area (Å²) in [7, 11) is 0. The molecule has 0 spiro atoms. The number of hydrogen-bond acceptors (Lipinski definition) is 3. The maximum Gasteiger partial charge on any atom is 0.319 e. The Morgan fingerprint density at radius 3 is 3.17 bits per heavy atom. The minimum Gasteiger partial charge on any atom is -0.338 e. The molecule has 0 fully saturated rings. The van der Waals surface area contributed by atoms with Crippen LogP contribution < -0.4 is 10.6 Å². The molecule has 12 heavy (non-hydrogen) atoms. The highest BCUT2D eigenvalue weighted by Crippen LogP contribution is 2.06. The van der Waals surface area contributed by atoms with E-state index in [9.17, 15) is 4.79 Å². The number of aromatic nitrogens is 1. The van der Waals surface area contributed by atoms with Crippen LogP contribution in [0.25, 0.3) is 0 Å². The number of urea groups is 1. The van der Waals surface area contributed by atoms with Crippen molar-refractivity contribution < 1.29 is 4.79 Å². The highest BCUT2D eigenvalue weighted by Gasteiger charge is 1.99. The molecule has 1 aromatic rings. The molecule has 0 aliphatic carbocycles. The average Bonchev–Trinajstić information content (AvgIpc) is 2.53. The third kappa shape index (κ3) is 2.87. The normalized spacial score (nSPS) is 9.42. The minimum atomic E-state index is -0.169. The van der Waals surface area contributed by atoms with Gasteiger partial charge in [-0.05, 0) is 18.0 Å². The van der Waals surface area contributed by atoms with Crippen molar-refractivity contribution in [2.24, 2.45) is 0 Å². The van der Waals surface area contributed by atoms with Gasteiger partial charge < -0.3 is 10.6 Å². The average molecular weight is 185 g/mol. The highest BCUT2D eigenvalue weighted by molar-refractivity contribution is 7.04. The molecule has 1 heterocycles. The maximum absolute atomic E-state index is 11.0. The van der Waals surface area contributed by atoms with Gasteiger partial charge in [-0.3, -0.25) is 0 Å². The SMILES string of the molecule is CCCNC(=O)Nc1cnsc1. The summed E-state index contributed by atoms with van der Waals surface area (Å²) in [6, 6.07) is -0.169. The number of nitrogens with one attached hydrogen (secondary N) is 2. The van der Waals surface area contributed by atoms with Crippen molar-refractivity contribution in [3.8, 4) is 0 Å². The van der Waals surface area contributed by atoms with Gasteiger partial charge in [-0.25, -0.2) is 4.79 Å². The summed E-state index contributed by atoms with van der Waals surface area (Å²) in [5.74, 6) is 0. The molecule has 1 rings (SSSR count). The lowest BCUT2D eigenvalue weighted by molar-refractivity contribution is 0.252. The number of amides is 2. The van der Waals surface area contributed by atoms with Gasteiger partial charge in [0.25, 0.3) is 0 Å². The van der Waals surface area contributed by atoms with Crippen LogP contribution in [0, 0.1) is 0 Å². The van der Waals surface area contributed by atoms with Crippen LogP contribution in [-0.2, 0) is 0 Å². The van der Waals surface area contributed by atoms with Crippen LogP contribution in [0.4, 0.5) is 10.5 Å². The molecule has 0 bridgehead atoms. The molecule has 2 N–H and O–H groups in total. The van der Waals surface area contributed by atoms with Gasteiger partial charge in [0.15, 0.2) is 0 Å². The lowest BCUT2D eigenvalue weighted by atomic mass is 10.5.